The van der Waals surface area contributed by atoms with Gasteiger partial charge in [0.05, 0.1) is 12.2 Å². The number of hydrogen-bond donors (Lipinski definition) is 0. The van der Waals surface area contributed by atoms with Gasteiger partial charge in [0.15, 0.2) is 0 Å². The van der Waals surface area contributed by atoms with Crippen molar-refractivity contribution in [3.05, 3.63) is 111 Å². The Balaban J connectivity index is 1.82. The zero-order chi connectivity index (χ0) is 18.1. The molecule has 0 aliphatic rings. The summed E-state index contributed by atoms with van der Waals surface area (Å²) in [6.07, 6.45) is 3.13. The van der Waals surface area contributed by atoms with E-state index in [4.69, 9.17) is 0 Å². The van der Waals surface area contributed by atoms with Crippen LogP contribution in [-0.4, -0.2) is 9.13 Å². The quantitative estimate of drug-likeness (QED) is 0.534. The average Bonchev–Trinajstić information content (AvgIpc) is 2.65. The van der Waals surface area contributed by atoms with Crippen LogP contribution in [0.2, 0.25) is 0 Å². The van der Waals surface area contributed by atoms with Crippen molar-refractivity contribution in [1.29, 1.82) is 0 Å². The van der Waals surface area contributed by atoms with Gasteiger partial charge < -0.3 is 4.57 Å². The van der Waals surface area contributed by atoms with E-state index in [-0.39, 0.29) is 12.4 Å². The molecule has 3 aromatic carbocycles. The lowest BCUT2D eigenvalue weighted by Crippen LogP contribution is -2.40. The molecule has 0 amide bonds. The molecule has 0 N–H and O–H groups in total. The topological polar surface area (TPSA) is 44.0 Å². The second-order valence-electron chi connectivity index (χ2n) is 6.03. The van der Waals surface area contributed by atoms with Gasteiger partial charge in [-0.05, 0) is 29.1 Å². The summed E-state index contributed by atoms with van der Waals surface area (Å²) >= 11 is 0. The fraction of sp³-hybridized carbons (Fsp3) is 0.0476. The maximum Gasteiger partial charge on any atom is 0.321 e. The smallest absolute Gasteiger partial charge is 0.305 e. The van der Waals surface area contributed by atoms with Crippen molar-refractivity contribution >= 4 is 10.8 Å². The van der Waals surface area contributed by atoms with Gasteiger partial charge in [-0.1, -0.05) is 48.5 Å². The molecule has 1 heterocycles. The molecule has 0 spiro atoms. The molecular weight excluding hydrogens is 331 g/mol. The largest absolute Gasteiger partial charge is 0.321 e. The Morgan fingerprint density at radius 3 is 2.42 bits per heavy atom. The van der Waals surface area contributed by atoms with Crippen LogP contribution in [-0.2, 0) is 6.54 Å². The van der Waals surface area contributed by atoms with Gasteiger partial charge in [0.1, 0.15) is 5.82 Å². The first-order valence-corrected chi connectivity index (χ1v) is 8.18. The Kier molecular flexibility index (Phi) is 3.97. The van der Waals surface area contributed by atoms with Crippen LogP contribution in [0.3, 0.4) is 0 Å². The molecule has 4 nitrogen and oxygen atoms in total. The molecule has 4 rings (SSSR count). The van der Waals surface area contributed by atoms with Crippen molar-refractivity contribution in [3.63, 3.8) is 0 Å². The molecule has 0 radical (unpaired) electrons. The number of nitrogens with zero attached hydrogens (tertiary/aromatic N) is 2. The van der Waals surface area contributed by atoms with E-state index in [0.717, 1.165) is 10.8 Å². The molecule has 0 unspecified atom stereocenters. The normalized spacial score (nSPS) is 11.0. The zero-order valence-corrected chi connectivity index (χ0v) is 13.8. The van der Waals surface area contributed by atoms with Crippen molar-refractivity contribution < 1.29 is 4.39 Å². The minimum absolute atomic E-state index is 0.141. The predicted octanol–water partition coefficient (Wildman–Crippen LogP) is 3.34. The molecule has 0 saturated heterocycles. The SMILES string of the molecule is O=c1c(=O)n(-c2cccc3ccccc23)ccn1Cc1cccc(F)c1. The number of benzene rings is 3. The van der Waals surface area contributed by atoms with Gasteiger partial charge in [0, 0.05) is 17.8 Å². The predicted molar refractivity (Wildman–Crippen MR) is 99.3 cm³/mol. The van der Waals surface area contributed by atoms with Crippen LogP contribution in [0.5, 0.6) is 0 Å². The summed E-state index contributed by atoms with van der Waals surface area (Å²) in [5.74, 6) is -0.375. The number of aromatic nitrogens is 2. The van der Waals surface area contributed by atoms with E-state index in [0.29, 0.717) is 11.3 Å². The molecule has 128 valence electrons. The molecular formula is C21H15FN2O2. The molecule has 1 aromatic heterocycles. The lowest BCUT2D eigenvalue weighted by Gasteiger charge is -2.11. The Bertz CT molecular complexity index is 1220. The Hall–Kier alpha value is -3.47. The van der Waals surface area contributed by atoms with Gasteiger partial charge >= 0.3 is 11.1 Å². The van der Waals surface area contributed by atoms with Crippen LogP contribution in [0.1, 0.15) is 5.56 Å². The molecule has 0 fully saturated rings. The van der Waals surface area contributed by atoms with E-state index >= 15 is 0 Å². The second kappa shape index (κ2) is 6.44. The molecule has 26 heavy (non-hydrogen) atoms. The average molecular weight is 346 g/mol. The van der Waals surface area contributed by atoms with E-state index < -0.39 is 11.1 Å². The number of fused-ring (bicyclic) bond motifs is 1. The summed E-state index contributed by atoms with van der Waals surface area (Å²) < 4.78 is 16.0. The van der Waals surface area contributed by atoms with E-state index in [1.165, 1.54) is 21.3 Å². The van der Waals surface area contributed by atoms with E-state index in [1.54, 1.807) is 30.6 Å². The van der Waals surface area contributed by atoms with Gasteiger partial charge in [-0.3, -0.25) is 14.2 Å². The van der Waals surface area contributed by atoms with Crippen LogP contribution in [0, 0.1) is 5.82 Å². The lowest BCUT2D eigenvalue weighted by molar-refractivity contribution is 0.622. The van der Waals surface area contributed by atoms with E-state index in [9.17, 15) is 14.0 Å². The fourth-order valence-corrected chi connectivity index (χ4v) is 3.07. The number of hydrogen-bond acceptors (Lipinski definition) is 2. The van der Waals surface area contributed by atoms with Crippen LogP contribution < -0.4 is 11.1 Å². The summed E-state index contributed by atoms with van der Waals surface area (Å²) in [5, 5.41) is 1.88. The highest BCUT2D eigenvalue weighted by atomic mass is 19.1. The minimum atomic E-state index is -0.648. The van der Waals surface area contributed by atoms with Gasteiger partial charge in [0.25, 0.3) is 0 Å². The third kappa shape index (κ3) is 2.84. The third-order valence-corrected chi connectivity index (χ3v) is 4.33. The van der Waals surface area contributed by atoms with Gasteiger partial charge in [-0.15, -0.1) is 0 Å². The van der Waals surface area contributed by atoms with Crippen molar-refractivity contribution in [2.24, 2.45) is 0 Å². The van der Waals surface area contributed by atoms with Crippen molar-refractivity contribution in [2.75, 3.05) is 0 Å². The van der Waals surface area contributed by atoms with E-state index in [2.05, 4.69) is 0 Å². The summed E-state index contributed by atoms with van der Waals surface area (Å²) in [7, 11) is 0. The van der Waals surface area contributed by atoms with Gasteiger partial charge in [-0.25, -0.2) is 4.39 Å². The summed E-state index contributed by atoms with van der Waals surface area (Å²) in [5.41, 5.74) is -0.0116. The Morgan fingerprint density at radius 1 is 0.808 bits per heavy atom. The molecule has 5 heteroatoms. The Morgan fingerprint density at radius 2 is 1.58 bits per heavy atom. The highest BCUT2D eigenvalue weighted by Gasteiger charge is 2.10. The van der Waals surface area contributed by atoms with Crippen molar-refractivity contribution in [2.45, 2.75) is 6.54 Å². The first-order chi connectivity index (χ1) is 12.6. The molecule has 0 saturated carbocycles. The van der Waals surface area contributed by atoms with E-state index in [1.807, 2.05) is 36.4 Å². The monoisotopic (exact) mass is 346 g/mol. The first-order valence-electron chi connectivity index (χ1n) is 8.18. The van der Waals surface area contributed by atoms with Crippen molar-refractivity contribution in [1.82, 2.24) is 9.13 Å². The van der Waals surface area contributed by atoms with Crippen molar-refractivity contribution in [3.8, 4) is 5.69 Å². The lowest BCUT2D eigenvalue weighted by atomic mass is 10.1. The summed E-state index contributed by atoms with van der Waals surface area (Å²) in [6.45, 7) is 0.141. The van der Waals surface area contributed by atoms with Crippen LogP contribution in [0.4, 0.5) is 4.39 Å². The maximum absolute atomic E-state index is 13.3. The van der Waals surface area contributed by atoms with Gasteiger partial charge in [0.2, 0.25) is 0 Å². The van der Waals surface area contributed by atoms with Crippen LogP contribution in [0.25, 0.3) is 16.5 Å². The molecule has 0 aliphatic carbocycles. The standard InChI is InChI=1S/C21H15FN2O2/c22-17-8-3-5-15(13-17)14-23-11-12-24(21(26)20(23)25)19-10-4-7-16-6-1-2-9-18(16)19/h1-13H,14H2. The van der Waals surface area contributed by atoms with Crippen LogP contribution >= 0.6 is 0 Å². The Labute approximate surface area is 148 Å². The molecule has 0 aliphatic heterocycles. The summed E-state index contributed by atoms with van der Waals surface area (Å²) in [4.78, 5) is 25.2. The number of rotatable bonds is 3. The molecule has 0 bridgehead atoms. The third-order valence-electron chi connectivity index (χ3n) is 4.33. The highest BCUT2D eigenvalue weighted by molar-refractivity contribution is 5.90. The number of halogens is 1. The van der Waals surface area contributed by atoms with Crippen LogP contribution in [0.15, 0.2) is 88.7 Å². The van der Waals surface area contributed by atoms with Gasteiger partial charge in [-0.2, -0.15) is 0 Å². The maximum atomic E-state index is 13.3. The molecule has 0 atom stereocenters. The fourth-order valence-electron chi connectivity index (χ4n) is 3.07. The zero-order valence-electron chi connectivity index (χ0n) is 13.8. The second-order valence-corrected chi connectivity index (χ2v) is 6.03. The minimum Gasteiger partial charge on any atom is -0.305 e. The highest BCUT2D eigenvalue weighted by Crippen LogP contribution is 2.20. The summed E-state index contributed by atoms with van der Waals surface area (Å²) in [6, 6.07) is 19.3. The first kappa shape index (κ1) is 16.0. The molecule has 4 aromatic rings.